The lowest BCUT2D eigenvalue weighted by Crippen LogP contribution is -2.19. The smallest absolute Gasteiger partial charge is 0.341 e. The van der Waals surface area contributed by atoms with Crippen LogP contribution < -0.4 is 5.32 Å². The molecule has 0 saturated heterocycles. The van der Waals surface area contributed by atoms with Crippen LogP contribution in [-0.4, -0.2) is 36.5 Å². The van der Waals surface area contributed by atoms with Gasteiger partial charge in [0.25, 0.3) is 5.91 Å². The number of aromatic nitrogens is 1. The highest BCUT2D eigenvalue weighted by Gasteiger charge is 2.33. The van der Waals surface area contributed by atoms with Gasteiger partial charge in [-0.15, -0.1) is 0 Å². The molecule has 2 heterocycles. The molecule has 4 rings (SSSR count). The molecule has 0 fully saturated rings. The zero-order valence-electron chi connectivity index (χ0n) is 16.6. The number of hydrogen-bond acceptors (Lipinski definition) is 5. The summed E-state index contributed by atoms with van der Waals surface area (Å²) in [6, 6.07) is 14.3. The van der Waals surface area contributed by atoms with Crippen molar-refractivity contribution in [1.29, 1.82) is 0 Å². The van der Waals surface area contributed by atoms with Crippen molar-refractivity contribution in [2.75, 3.05) is 19.5 Å². The fourth-order valence-corrected chi connectivity index (χ4v) is 3.60. The molecule has 0 unspecified atom stereocenters. The molecule has 31 heavy (non-hydrogen) atoms. The summed E-state index contributed by atoms with van der Waals surface area (Å²) in [5.74, 6) is -2.92. The summed E-state index contributed by atoms with van der Waals surface area (Å²) in [5, 5.41) is 4.01. The van der Waals surface area contributed by atoms with E-state index in [1.54, 1.807) is 24.4 Å². The van der Waals surface area contributed by atoms with Gasteiger partial charge in [0.15, 0.2) is 0 Å². The molecule has 8 heteroatoms. The molecular formula is C23H17FN2O5. The highest BCUT2D eigenvalue weighted by atomic mass is 19.1. The number of pyridine rings is 1. The van der Waals surface area contributed by atoms with E-state index in [1.165, 1.54) is 29.7 Å². The molecule has 156 valence electrons. The van der Waals surface area contributed by atoms with Crippen LogP contribution in [0.25, 0.3) is 16.3 Å². The van der Waals surface area contributed by atoms with E-state index in [-0.39, 0.29) is 22.5 Å². The summed E-state index contributed by atoms with van der Waals surface area (Å²) in [6.07, 6.45) is 1.58. The molecule has 0 aliphatic carbocycles. The molecule has 7 nitrogen and oxygen atoms in total. The van der Waals surface area contributed by atoms with E-state index in [0.29, 0.717) is 10.9 Å². The third kappa shape index (κ3) is 3.38. The Morgan fingerprint density at radius 3 is 2.32 bits per heavy atom. The van der Waals surface area contributed by atoms with Crippen LogP contribution in [0.4, 0.5) is 10.1 Å². The number of fused-ring (bicyclic) bond motifs is 3. The van der Waals surface area contributed by atoms with Crippen LogP contribution in [0.2, 0.25) is 0 Å². The van der Waals surface area contributed by atoms with Crippen molar-refractivity contribution in [3.63, 3.8) is 0 Å². The quantitative estimate of drug-likeness (QED) is 0.503. The van der Waals surface area contributed by atoms with Crippen molar-refractivity contribution >= 4 is 39.8 Å². The highest BCUT2D eigenvalue weighted by molar-refractivity contribution is 6.21. The second kappa shape index (κ2) is 7.91. The van der Waals surface area contributed by atoms with Gasteiger partial charge < -0.3 is 19.2 Å². The second-order valence-corrected chi connectivity index (χ2v) is 6.67. The Bertz CT molecular complexity index is 1360. The number of nitrogens with one attached hydrogen (secondary N) is 1. The van der Waals surface area contributed by atoms with Gasteiger partial charge in [-0.25, -0.2) is 14.0 Å². The minimum absolute atomic E-state index is 0.0875. The van der Waals surface area contributed by atoms with Gasteiger partial charge in [-0.3, -0.25) is 4.79 Å². The molecule has 0 aliphatic rings. The number of nitrogens with zero attached hydrogens (tertiary/aromatic N) is 1. The number of halogens is 1. The molecule has 0 radical (unpaired) electrons. The molecule has 1 amide bonds. The maximum Gasteiger partial charge on any atom is 0.341 e. The van der Waals surface area contributed by atoms with Crippen molar-refractivity contribution in [1.82, 2.24) is 4.40 Å². The van der Waals surface area contributed by atoms with Crippen molar-refractivity contribution in [2.24, 2.45) is 0 Å². The fraction of sp³-hybridized carbons (Fsp3) is 0.0870. The third-order valence-electron chi connectivity index (χ3n) is 4.90. The van der Waals surface area contributed by atoms with Crippen LogP contribution in [0, 0.1) is 5.82 Å². The molecular weight excluding hydrogens is 403 g/mol. The van der Waals surface area contributed by atoms with E-state index >= 15 is 0 Å². The average Bonchev–Trinajstić information content (AvgIpc) is 3.14. The maximum absolute atomic E-state index is 13.6. The Balaban J connectivity index is 2.05. The van der Waals surface area contributed by atoms with Crippen LogP contribution in [0.1, 0.15) is 31.2 Å². The van der Waals surface area contributed by atoms with Crippen molar-refractivity contribution in [3.05, 3.63) is 83.4 Å². The number of benzene rings is 2. The van der Waals surface area contributed by atoms with E-state index in [4.69, 9.17) is 9.47 Å². The Labute approximate surface area is 176 Å². The SMILES string of the molecule is COC(=O)c1c(C(=O)OC)c2c3ccccc3ccn2c1C(=O)Nc1cccc(F)c1. The monoisotopic (exact) mass is 420 g/mol. The van der Waals surface area contributed by atoms with E-state index in [0.717, 1.165) is 18.6 Å². The molecule has 0 spiro atoms. The van der Waals surface area contributed by atoms with Gasteiger partial charge in [0.2, 0.25) is 0 Å². The zero-order chi connectivity index (χ0) is 22.1. The van der Waals surface area contributed by atoms with Crippen molar-refractivity contribution < 1.29 is 28.2 Å². The van der Waals surface area contributed by atoms with Crippen molar-refractivity contribution in [2.45, 2.75) is 0 Å². The summed E-state index contributed by atoms with van der Waals surface area (Å²) in [6.45, 7) is 0. The molecule has 4 aromatic rings. The number of methoxy groups -OCH3 is 2. The molecule has 0 atom stereocenters. The summed E-state index contributed by atoms with van der Waals surface area (Å²) >= 11 is 0. The van der Waals surface area contributed by atoms with Gasteiger partial charge in [-0.05, 0) is 29.7 Å². The molecule has 2 aromatic carbocycles. The first-order chi connectivity index (χ1) is 15.0. The first kappa shape index (κ1) is 20.1. The number of ether oxygens (including phenoxy) is 2. The molecule has 2 aromatic heterocycles. The predicted molar refractivity (Wildman–Crippen MR) is 112 cm³/mol. The van der Waals surface area contributed by atoms with E-state index in [1.807, 2.05) is 12.1 Å². The van der Waals surface area contributed by atoms with Crippen LogP contribution >= 0.6 is 0 Å². The predicted octanol–water partition coefficient (Wildman–Crippen LogP) is 4.06. The summed E-state index contributed by atoms with van der Waals surface area (Å²) in [5.41, 5.74) is 0.0679. The molecule has 0 bridgehead atoms. The van der Waals surface area contributed by atoms with Gasteiger partial charge >= 0.3 is 11.9 Å². The highest BCUT2D eigenvalue weighted by Crippen LogP contribution is 2.32. The Morgan fingerprint density at radius 1 is 0.903 bits per heavy atom. The Hall–Kier alpha value is -4.20. The number of esters is 2. The van der Waals surface area contributed by atoms with Gasteiger partial charge in [-0.2, -0.15) is 0 Å². The Morgan fingerprint density at radius 2 is 1.61 bits per heavy atom. The summed E-state index contributed by atoms with van der Waals surface area (Å²) < 4.78 is 24.8. The number of anilines is 1. The van der Waals surface area contributed by atoms with Crippen LogP contribution in [0.15, 0.2) is 60.8 Å². The van der Waals surface area contributed by atoms with Crippen molar-refractivity contribution in [3.8, 4) is 0 Å². The van der Waals surface area contributed by atoms with E-state index < -0.39 is 23.7 Å². The molecule has 1 N–H and O–H groups in total. The van der Waals surface area contributed by atoms with Crippen LogP contribution in [0.3, 0.4) is 0 Å². The standard InChI is InChI=1S/C23H17FN2O5/c1-30-22(28)17-18(23(29)31-2)20(21(27)25-15-8-5-7-14(24)12-15)26-11-10-13-6-3-4-9-16(13)19(17)26/h3-12H,1-2H3,(H,25,27). The fourth-order valence-electron chi connectivity index (χ4n) is 3.60. The first-order valence-corrected chi connectivity index (χ1v) is 9.25. The summed E-state index contributed by atoms with van der Waals surface area (Å²) in [4.78, 5) is 38.7. The lowest BCUT2D eigenvalue weighted by atomic mass is 10.1. The third-order valence-corrected chi connectivity index (χ3v) is 4.90. The largest absolute Gasteiger partial charge is 0.465 e. The minimum atomic E-state index is -0.877. The average molecular weight is 420 g/mol. The van der Waals surface area contributed by atoms with Gasteiger partial charge in [0.05, 0.1) is 19.7 Å². The molecule has 0 aliphatic heterocycles. The first-order valence-electron chi connectivity index (χ1n) is 9.25. The van der Waals surface area contributed by atoms with E-state index in [2.05, 4.69) is 5.32 Å². The zero-order valence-corrected chi connectivity index (χ0v) is 16.6. The lowest BCUT2D eigenvalue weighted by Gasteiger charge is -2.08. The van der Waals surface area contributed by atoms with Crippen LogP contribution in [-0.2, 0) is 9.47 Å². The number of amides is 1. The lowest BCUT2D eigenvalue weighted by molar-refractivity contribution is 0.0556. The number of rotatable bonds is 4. The van der Waals surface area contributed by atoms with Gasteiger partial charge in [-0.1, -0.05) is 30.3 Å². The van der Waals surface area contributed by atoms with E-state index in [9.17, 15) is 18.8 Å². The van der Waals surface area contributed by atoms with Crippen LogP contribution in [0.5, 0.6) is 0 Å². The maximum atomic E-state index is 13.6. The Kier molecular flexibility index (Phi) is 5.12. The normalized spacial score (nSPS) is 10.8. The van der Waals surface area contributed by atoms with Gasteiger partial charge in [0.1, 0.15) is 22.6 Å². The topological polar surface area (TPSA) is 86.1 Å². The number of carbonyl (C=O) groups is 3. The van der Waals surface area contributed by atoms with Gasteiger partial charge in [0, 0.05) is 17.3 Å². The summed E-state index contributed by atoms with van der Waals surface area (Å²) in [7, 11) is 2.34. The number of carbonyl (C=O) groups excluding carboxylic acids is 3. The second-order valence-electron chi connectivity index (χ2n) is 6.67. The minimum Gasteiger partial charge on any atom is -0.465 e. The number of hydrogen-bond donors (Lipinski definition) is 1. The molecule has 0 saturated carbocycles.